The lowest BCUT2D eigenvalue weighted by Crippen LogP contribution is -2.32. The summed E-state index contributed by atoms with van der Waals surface area (Å²) in [6.07, 6.45) is -0.0930. The zero-order chi connectivity index (χ0) is 16.7. The summed E-state index contributed by atoms with van der Waals surface area (Å²) >= 11 is 7.81. The highest BCUT2D eigenvalue weighted by molar-refractivity contribution is 7.99. The molecule has 2 saturated heterocycles. The van der Waals surface area contributed by atoms with Crippen LogP contribution in [0.4, 0.5) is 5.69 Å². The van der Waals surface area contributed by atoms with Gasteiger partial charge in [-0.3, -0.25) is 14.6 Å². The van der Waals surface area contributed by atoms with E-state index in [0.29, 0.717) is 5.02 Å². The Labute approximate surface area is 150 Å². The van der Waals surface area contributed by atoms with Crippen LogP contribution in [0.5, 0.6) is 5.75 Å². The highest BCUT2D eigenvalue weighted by atomic mass is 35.5. The molecule has 0 aliphatic carbocycles. The fraction of sp³-hybridized carbons (Fsp3) is 0.278. The summed E-state index contributed by atoms with van der Waals surface area (Å²) in [6.45, 7) is 0. The van der Waals surface area contributed by atoms with Crippen molar-refractivity contribution in [2.24, 2.45) is 0 Å². The van der Waals surface area contributed by atoms with Gasteiger partial charge >= 0.3 is 0 Å². The number of rotatable bonds is 3. The Morgan fingerprint density at radius 1 is 1.12 bits per heavy atom. The Bertz CT molecular complexity index is 751. The molecule has 2 unspecified atom stereocenters. The first kappa shape index (κ1) is 15.8. The Hall–Kier alpha value is -1.69. The molecular weight excluding hydrogens is 344 g/mol. The molecule has 2 aliphatic heterocycles. The minimum atomic E-state index is -0.0930. The number of hydrogen-bond donors (Lipinski definition) is 0. The van der Waals surface area contributed by atoms with E-state index in [1.807, 2.05) is 65.2 Å². The van der Waals surface area contributed by atoms with Crippen molar-refractivity contribution in [2.45, 2.75) is 12.2 Å². The fourth-order valence-corrected chi connectivity index (χ4v) is 4.65. The van der Waals surface area contributed by atoms with Crippen LogP contribution in [0.2, 0.25) is 5.02 Å². The Balaban J connectivity index is 1.76. The van der Waals surface area contributed by atoms with E-state index in [2.05, 4.69) is 4.90 Å². The molecule has 24 heavy (non-hydrogen) atoms. The van der Waals surface area contributed by atoms with Crippen LogP contribution in [-0.4, -0.2) is 35.6 Å². The SMILES string of the molecule is COc1ccc(C2N(c3ccc(Cl)cc3)C(=O)C3CSCN32)cc1. The molecule has 0 bridgehead atoms. The van der Waals surface area contributed by atoms with E-state index in [1.54, 1.807) is 7.11 Å². The molecule has 0 spiro atoms. The van der Waals surface area contributed by atoms with Crippen LogP contribution in [0.3, 0.4) is 0 Å². The molecule has 2 aromatic rings. The van der Waals surface area contributed by atoms with Crippen molar-refractivity contribution < 1.29 is 9.53 Å². The van der Waals surface area contributed by atoms with Gasteiger partial charge in [-0.2, -0.15) is 0 Å². The second-order valence-electron chi connectivity index (χ2n) is 5.86. The number of amides is 1. The van der Waals surface area contributed by atoms with Gasteiger partial charge in [0.25, 0.3) is 0 Å². The molecule has 124 valence electrons. The van der Waals surface area contributed by atoms with E-state index in [0.717, 1.165) is 28.6 Å². The van der Waals surface area contributed by atoms with Crippen LogP contribution in [-0.2, 0) is 4.79 Å². The number of thioether (sulfide) groups is 1. The molecule has 0 N–H and O–H groups in total. The summed E-state index contributed by atoms with van der Waals surface area (Å²) in [5.74, 6) is 2.67. The number of nitrogens with zero attached hydrogens (tertiary/aromatic N) is 2. The third-order valence-corrected chi connectivity index (χ3v) is 5.80. The first-order valence-electron chi connectivity index (χ1n) is 7.75. The number of carbonyl (C=O) groups excluding carboxylic acids is 1. The van der Waals surface area contributed by atoms with Gasteiger partial charge in [-0.05, 0) is 42.0 Å². The van der Waals surface area contributed by atoms with Gasteiger partial charge in [0.15, 0.2) is 0 Å². The zero-order valence-electron chi connectivity index (χ0n) is 13.2. The molecule has 2 aromatic carbocycles. The summed E-state index contributed by atoms with van der Waals surface area (Å²) in [5.41, 5.74) is 1.97. The Kier molecular flexibility index (Phi) is 4.16. The van der Waals surface area contributed by atoms with Gasteiger partial charge in [-0.25, -0.2) is 0 Å². The minimum absolute atomic E-state index is 0.0576. The molecule has 2 heterocycles. The van der Waals surface area contributed by atoms with Crippen molar-refractivity contribution in [3.63, 3.8) is 0 Å². The van der Waals surface area contributed by atoms with Crippen molar-refractivity contribution in [2.75, 3.05) is 23.6 Å². The smallest absolute Gasteiger partial charge is 0.246 e. The maximum Gasteiger partial charge on any atom is 0.246 e. The summed E-state index contributed by atoms with van der Waals surface area (Å²) < 4.78 is 5.25. The third kappa shape index (κ3) is 2.57. The van der Waals surface area contributed by atoms with Crippen LogP contribution in [0, 0.1) is 0 Å². The van der Waals surface area contributed by atoms with Crippen LogP contribution in [0.15, 0.2) is 48.5 Å². The topological polar surface area (TPSA) is 32.8 Å². The number of carbonyl (C=O) groups is 1. The molecule has 0 saturated carbocycles. The number of ether oxygens (including phenoxy) is 1. The van der Waals surface area contributed by atoms with Crippen molar-refractivity contribution in [1.29, 1.82) is 0 Å². The molecule has 2 atom stereocenters. The molecule has 2 aliphatic rings. The van der Waals surface area contributed by atoms with Crippen LogP contribution >= 0.6 is 23.4 Å². The maximum atomic E-state index is 13.0. The normalized spacial score (nSPS) is 23.6. The molecule has 1 amide bonds. The second-order valence-corrected chi connectivity index (χ2v) is 7.30. The van der Waals surface area contributed by atoms with Crippen molar-refractivity contribution in [3.05, 3.63) is 59.1 Å². The number of hydrogen-bond acceptors (Lipinski definition) is 4. The van der Waals surface area contributed by atoms with Gasteiger partial charge in [0.1, 0.15) is 18.0 Å². The quantitative estimate of drug-likeness (QED) is 0.834. The number of fused-ring (bicyclic) bond motifs is 1. The molecule has 0 radical (unpaired) electrons. The monoisotopic (exact) mass is 360 g/mol. The minimum Gasteiger partial charge on any atom is -0.497 e. The zero-order valence-corrected chi connectivity index (χ0v) is 14.8. The Morgan fingerprint density at radius 3 is 2.50 bits per heavy atom. The lowest BCUT2D eigenvalue weighted by atomic mass is 10.1. The molecule has 2 fully saturated rings. The third-order valence-electron chi connectivity index (χ3n) is 4.52. The molecule has 4 nitrogen and oxygen atoms in total. The predicted octanol–water partition coefficient (Wildman–Crippen LogP) is 3.77. The van der Waals surface area contributed by atoms with Gasteiger partial charge in [-0.15, -0.1) is 11.8 Å². The standard InChI is InChI=1S/C18H17ClN2O2S/c1-23-15-8-2-12(3-9-15)17-20-11-24-10-16(20)18(22)21(17)14-6-4-13(19)5-7-14/h2-9,16-17H,10-11H2,1H3. The lowest BCUT2D eigenvalue weighted by Gasteiger charge is -2.29. The number of methoxy groups -OCH3 is 1. The van der Waals surface area contributed by atoms with E-state index in [-0.39, 0.29) is 18.1 Å². The summed E-state index contributed by atoms with van der Waals surface area (Å²) in [7, 11) is 1.65. The Morgan fingerprint density at radius 2 is 1.83 bits per heavy atom. The average molecular weight is 361 g/mol. The number of benzene rings is 2. The van der Waals surface area contributed by atoms with Gasteiger partial charge in [-0.1, -0.05) is 23.7 Å². The van der Waals surface area contributed by atoms with Crippen LogP contribution in [0.1, 0.15) is 11.7 Å². The van der Waals surface area contributed by atoms with Gasteiger partial charge < -0.3 is 4.74 Å². The van der Waals surface area contributed by atoms with Crippen molar-refractivity contribution in [3.8, 4) is 5.75 Å². The van der Waals surface area contributed by atoms with Gasteiger partial charge in [0, 0.05) is 22.3 Å². The van der Waals surface area contributed by atoms with Crippen molar-refractivity contribution >= 4 is 35.0 Å². The summed E-state index contributed by atoms with van der Waals surface area (Å²) in [5, 5.41) is 0.669. The molecular formula is C18H17ClN2O2S. The van der Waals surface area contributed by atoms with E-state index < -0.39 is 0 Å². The first-order valence-corrected chi connectivity index (χ1v) is 9.28. The van der Waals surface area contributed by atoms with E-state index in [1.165, 1.54) is 0 Å². The van der Waals surface area contributed by atoms with Crippen LogP contribution in [0.25, 0.3) is 0 Å². The first-order chi connectivity index (χ1) is 11.7. The van der Waals surface area contributed by atoms with E-state index in [9.17, 15) is 4.79 Å². The molecule has 6 heteroatoms. The fourth-order valence-electron chi connectivity index (χ4n) is 3.33. The van der Waals surface area contributed by atoms with Gasteiger partial charge in [0.05, 0.1) is 7.11 Å². The highest BCUT2D eigenvalue weighted by Gasteiger charge is 2.49. The van der Waals surface area contributed by atoms with Gasteiger partial charge in [0.2, 0.25) is 5.91 Å². The van der Waals surface area contributed by atoms with Crippen molar-refractivity contribution in [1.82, 2.24) is 4.90 Å². The average Bonchev–Trinajstić information content (AvgIpc) is 3.18. The lowest BCUT2D eigenvalue weighted by molar-refractivity contribution is -0.118. The van der Waals surface area contributed by atoms with Crippen LogP contribution < -0.4 is 9.64 Å². The predicted molar refractivity (Wildman–Crippen MR) is 97.6 cm³/mol. The number of halogens is 1. The number of anilines is 1. The molecule has 0 aromatic heterocycles. The molecule has 4 rings (SSSR count). The van der Waals surface area contributed by atoms with E-state index in [4.69, 9.17) is 16.3 Å². The maximum absolute atomic E-state index is 13.0. The summed E-state index contributed by atoms with van der Waals surface area (Å²) in [6, 6.07) is 15.4. The largest absolute Gasteiger partial charge is 0.497 e. The highest BCUT2D eigenvalue weighted by Crippen LogP contribution is 2.43. The second kappa shape index (κ2) is 6.31. The van der Waals surface area contributed by atoms with E-state index >= 15 is 0 Å². The summed E-state index contributed by atoms with van der Waals surface area (Å²) in [4.78, 5) is 17.2.